The number of nitrogens with zero attached hydrogens (tertiary/aromatic N) is 2. The third-order valence-corrected chi connectivity index (χ3v) is 4.49. The molecule has 1 aliphatic rings. The van der Waals surface area contributed by atoms with Crippen LogP contribution >= 0.6 is 0 Å². The molecule has 0 unspecified atom stereocenters. The van der Waals surface area contributed by atoms with Crippen LogP contribution in [0.3, 0.4) is 0 Å². The maximum absolute atomic E-state index is 13.4. The van der Waals surface area contributed by atoms with Gasteiger partial charge in [0.25, 0.3) is 0 Å². The number of hydrogen-bond acceptors (Lipinski definition) is 4. The van der Waals surface area contributed by atoms with Gasteiger partial charge in [-0.2, -0.15) is 0 Å². The summed E-state index contributed by atoms with van der Waals surface area (Å²) in [7, 11) is 3.07. The number of halogens is 2. The molecule has 1 saturated heterocycles. The van der Waals surface area contributed by atoms with Gasteiger partial charge in [0.2, 0.25) is 0 Å². The third-order valence-electron chi connectivity index (χ3n) is 4.49. The molecule has 0 spiro atoms. The number of ether oxygens (including phenoxy) is 2. The highest BCUT2D eigenvalue weighted by Crippen LogP contribution is 2.29. The second-order valence-corrected chi connectivity index (χ2v) is 6.07. The predicted octanol–water partition coefficient (Wildman–Crippen LogP) is 3.34. The summed E-state index contributed by atoms with van der Waals surface area (Å²) in [5.41, 5.74) is 1.15. The van der Waals surface area contributed by atoms with Crippen molar-refractivity contribution in [1.82, 2.24) is 4.90 Å². The minimum Gasteiger partial charge on any atom is -0.497 e. The molecule has 8 heteroatoms. The number of urea groups is 1. The Morgan fingerprint density at radius 3 is 2.33 bits per heavy atom. The van der Waals surface area contributed by atoms with E-state index in [4.69, 9.17) is 9.47 Å². The summed E-state index contributed by atoms with van der Waals surface area (Å²) in [6.07, 6.45) is 0. The van der Waals surface area contributed by atoms with Crippen molar-refractivity contribution in [3.05, 3.63) is 48.0 Å². The van der Waals surface area contributed by atoms with E-state index in [9.17, 15) is 13.6 Å². The minimum absolute atomic E-state index is 0.247. The Hall–Kier alpha value is -3.03. The minimum atomic E-state index is -0.876. The van der Waals surface area contributed by atoms with E-state index in [1.54, 1.807) is 30.2 Å². The zero-order chi connectivity index (χ0) is 19.4. The summed E-state index contributed by atoms with van der Waals surface area (Å²) in [6.45, 7) is 1.98. The van der Waals surface area contributed by atoms with Crippen LogP contribution in [0, 0.1) is 11.6 Å². The van der Waals surface area contributed by atoms with E-state index in [-0.39, 0.29) is 6.03 Å². The monoisotopic (exact) mass is 377 g/mol. The van der Waals surface area contributed by atoms with E-state index in [2.05, 4.69) is 5.32 Å². The van der Waals surface area contributed by atoms with E-state index in [0.29, 0.717) is 49.1 Å². The molecule has 0 aliphatic carbocycles. The quantitative estimate of drug-likeness (QED) is 0.888. The molecular weight excluding hydrogens is 356 g/mol. The van der Waals surface area contributed by atoms with Gasteiger partial charge in [-0.25, -0.2) is 13.6 Å². The van der Waals surface area contributed by atoms with E-state index in [1.807, 2.05) is 4.90 Å². The second kappa shape index (κ2) is 8.11. The Balaban J connectivity index is 1.61. The van der Waals surface area contributed by atoms with Crippen molar-refractivity contribution < 1.29 is 23.0 Å². The highest BCUT2D eigenvalue weighted by atomic mass is 19.2. The number of nitrogens with one attached hydrogen (secondary N) is 1. The molecule has 6 nitrogen and oxygen atoms in total. The lowest BCUT2D eigenvalue weighted by atomic mass is 10.2. The van der Waals surface area contributed by atoms with Gasteiger partial charge in [0.05, 0.1) is 19.9 Å². The number of anilines is 2. The first kappa shape index (κ1) is 18.8. The lowest BCUT2D eigenvalue weighted by Gasteiger charge is -2.36. The molecule has 3 rings (SSSR count). The molecule has 27 heavy (non-hydrogen) atoms. The fourth-order valence-corrected chi connectivity index (χ4v) is 2.95. The molecule has 2 amide bonds. The molecule has 144 valence electrons. The van der Waals surface area contributed by atoms with E-state index in [1.165, 1.54) is 19.2 Å². The van der Waals surface area contributed by atoms with Crippen molar-refractivity contribution in [2.45, 2.75) is 0 Å². The molecule has 0 aromatic heterocycles. The van der Waals surface area contributed by atoms with Gasteiger partial charge >= 0.3 is 6.03 Å². The van der Waals surface area contributed by atoms with Crippen molar-refractivity contribution in [2.75, 3.05) is 50.6 Å². The SMILES string of the molecule is COc1ccc(NC(=O)N2CCN(c3ccc(F)c(F)c3)CC2)c(OC)c1. The maximum Gasteiger partial charge on any atom is 0.322 e. The van der Waals surface area contributed by atoms with Gasteiger partial charge in [-0.15, -0.1) is 0 Å². The molecule has 0 saturated carbocycles. The van der Waals surface area contributed by atoms with Gasteiger partial charge in [-0.3, -0.25) is 0 Å². The van der Waals surface area contributed by atoms with Gasteiger partial charge in [0.1, 0.15) is 11.5 Å². The van der Waals surface area contributed by atoms with Crippen LogP contribution in [0.2, 0.25) is 0 Å². The van der Waals surface area contributed by atoms with Crippen LogP contribution < -0.4 is 19.7 Å². The standard InChI is InChI=1S/C19H21F2N3O3/c1-26-14-4-6-17(18(12-14)27-2)22-19(25)24-9-7-23(8-10-24)13-3-5-15(20)16(21)11-13/h3-6,11-12H,7-10H2,1-2H3,(H,22,25). The molecule has 2 aromatic carbocycles. The van der Waals surface area contributed by atoms with Crippen LogP contribution in [0.5, 0.6) is 11.5 Å². The Bertz CT molecular complexity index is 824. The largest absolute Gasteiger partial charge is 0.497 e. The summed E-state index contributed by atoms with van der Waals surface area (Å²) in [4.78, 5) is 16.1. The van der Waals surface area contributed by atoms with Crippen LogP contribution in [0.1, 0.15) is 0 Å². The lowest BCUT2D eigenvalue weighted by molar-refractivity contribution is 0.208. The van der Waals surface area contributed by atoms with Crippen molar-refractivity contribution in [2.24, 2.45) is 0 Å². The summed E-state index contributed by atoms with van der Waals surface area (Å²) >= 11 is 0. The number of benzene rings is 2. The van der Waals surface area contributed by atoms with Gasteiger partial charge in [-0.05, 0) is 24.3 Å². The predicted molar refractivity (Wildman–Crippen MR) is 98.7 cm³/mol. The van der Waals surface area contributed by atoms with Gasteiger partial charge < -0.3 is 24.6 Å². The Kier molecular flexibility index (Phi) is 5.63. The average Bonchev–Trinajstić information content (AvgIpc) is 2.70. The molecule has 1 fully saturated rings. The van der Waals surface area contributed by atoms with Crippen LogP contribution in [-0.4, -0.2) is 51.3 Å². The Labute approximate surface area is 156 Å². The number of methoxy groups -OCH3 is 2. The van der Waals surface area contributed by atoms with Gasteiger partial charge in [-0.1, -0.05) is 0 Å². The summed E-state index contributed by atoms with van der Waals surface area (Å²) in [6, 6.07) is 8.72. The van der Waals surface area contributed by atoms with Crippen LogP contribution in [0.4, 0.5) is 25.0 Å². The first-order chi connectivity index (χ1) is 13.0. The Morgan fingerprint density at radius 2 is 1.70 bits per heavy atom. The van der Waals surface area contributed by atoms with E-state index in [0.717, 1.165) is 6.07 Å². The maximum atomic E-state index is 13.4. The highest BCUT2D eigenvalue weighted by Gasteiger charge is 2.22. The number of carbonyl (C=O) groups excluding carboxylic acids is 1. The Morgan fingerprint density at radius 1 is 0.963 bits per heavy atom. The van der Waals surface area contributed by atoms with Crippen molar-refractivity contribution >= 4 is 17.4 Å². The van der Waals surface area contributed by atoms with E-state index < -0.39 is 11.6 Å². The van der Waals surface area contributed by atoms with E-state index >= 15 is 0 Å². The fourth-order valence-electron chi connectivity index (χ4n) is 2.95. The number of carbonyl (C=O) groups is 1. The van der Waals surface area contributed by atoms with Crippen LogP contribution in [0.25, 0.3) is 0 Å². The number of piperazine rings is 1. The number of rotatable bonds is 4. The van der Waals surface area contributed by atoms with Crippen LogP contribution in [0.15, 0.2) is 36.4 Å². The molecule has 0 radical (unpaired) electrons. The third kappa shape index (κ3) is 4.21. The van der Waals surface area contributed by atoms with Crippen molar-refractivity contribution in [3.8, 4) is 11.5 Å². The smallest absolute Gasteiger partial charge is 0.322 e. The summed E-state index contributed by atoms with van der Waals surface area (Å²) in [5, 5.41) is 2.83. The molecular formula is C19H21F2N3O3. The molecule has 1 N–H and O–H groups in total. The molecule has 0 atom stereocenters. The zero-order valence-electron chi connectivity index (χ0n) is 15.2. The first-order valence-corrected chi connectivity index (χ1v) is 8.50. The summed E-state index contributed by atoms with van der Waals surface area (Å²) in [5.74, 6) is -0.613. The molecule has 2 aromatic rings. The van der Waals surface area contributed by atoms with Crippen molar-refractivity contribution in [1.29, 1.82) is 0 Å². The van der Waals surface area contributed by atoms with Gasteiger partial charge in [0, 0.05) is 44.0 Å². The van der Waals surface area contributed by atoms with Crippen molar-refractivity contribution in [3.63, 3.8) is 0 Å². The number of hydrogen-bond donors (Lipinski definition) is 1. The first-order valence-electron chi connectivity index (χ1n) is 8.50. The molecule has 0 bridgehead atoms. The molecule has 1 heterocycles. The zero-order valence-corrected chi connectivity index (χ0v) is 15.2. The lowest BCUT2D eigenvalue weighted by Crippen LogP contribution is -2.50. The van der Waals surface area contributed by atoms with Gasteiger partial charge in [0.15, 0.2) is 11.6 Å². The summed E-state index contributed by atoms with van der Waals surface area (Å²) < 4.78 is 36.9. The number of amides is 2. The average molecular weight is 377 g/mol. The fraction of sp³-hybridized carbons (Fsp3) is 0.316. The molecule has 1 aliphatic heterocycles. The highest BCUT2D eigenvalue weighted by molar-refractivity contribution is 5.91. The van der Waals surface area contributed by atoms with Crippen LogP contribution in [-0.2, 0) is 0 Å². The topological polar surface area (TPSA) is 54.0 Å². The normalized spacial score (nSPS) is 14.1. The second-order valence-electron chi connectivity index (χ2n) is 6.07.